The molecule has 0 aliphatic carbocycles. The minimum atomic E-state index is -3.09. The van der Waals surface area contributed by atoms with Crippen molar-refractivity contribution in [3.05, 3.63) is 11.5 Å². The first kappa shape index (κ1) is 11.6. The topological polar surface area (TPSA) is 75.3 Å². The highest BCUT2D eigenvalue weighted by atomic mass is 32.2. The number of hydrogen-bond donors (Lipinski definition) is 2. The molecule has 6 heteroatoms. The van der Waals surface area contributed by atoms with Gasteiger partial charge in [0.15, 0.2) is 9.84 Å². The Kier molecular flexibility index (Phi) is 3.30. The molecule has 2 N–H and O–H groups in total. The van der Waals surface area contributed by atoms with Gasteiger partial charge < -0.3 is 10.6 Å². The van der Waals surface area contributed by atoms with Crippen molar-refractivity contribution < 1.29 is 13.2 Å². The number of sulfone groups is 1. The molecule has 2 rings (SSSR count). The number of rotatable bonds is 2. The van der Waals surface area contributed by atoms with E-state index in [1.165, 1.54) is 11.5 Å². The molecule has 2 aliphatic heterocycles. The van der Waals surface area contributed by atoms with Gasteiger partial charge >= 0.3 is 0 Å². The Hall–Kier alpha value is -0.880. The first-order chi connectivity index (χ1) is 7.57. The first-order valence-electron chi connectivity index (χ1n) is 5.51. The van der Waals surface area contributed by atoms with Gasteiger partial charge in [-0.15, -0.1) is 0 Å². The second kappa shape index (κ2) is 4.55. The monoisotopic (exact) mass is 244 g/mol. The van der Waals surface area contributed by atoms with E-state index in [0.29, 0.717) is 0 Å². The Balaban J connectivity index is 1.86. The minimum absolute atomic E-state index is 0.00847. The van der Waals surface area contributed by atoms with E-state index in [-0.39, 0.29) is 23.7 Å². The number of amides is 1. The van der Waals surface area contributed by atoms with Crippen molar-refractivity contribution >= 4 is 15.7 Å². The van der Waals surface area contributed by atoms with Crippen LogP contribution in [0, 0.1) is 0 Å². The van der Waals surface area contributed by atoms with Gasteiger partial charge in [-0.25, -0.2) is 8.42 Å². The Morgan fingerprint density at radius 3 is 2.75 bits per heavy atom. The van der Waals surface area contributed by atoms with Crippen molar-refractivity contribution in [1.29, 1.82) is 0 Å². The number of carbonyl (C=O) groups excluding carboxylic acids is 1. The molecule has 16 heavy (non-hydrogen) atoms. The standard InChI is InChI=1S/C10H16N2O3S/c13-10(9-3-1-2-5-11-9)12-8-4-6-16(14,15)7-8/h4,6,8-9,11H,1-3,5,7H2,(H,12,13)/t8?,9-/m1/s1. The van der Waals surface area contributed by atoms with E-state index in [2.05, 4.69) is 10.6 Å². The van der Waals surface area contributed by atoms with Crippen molar-refractivity contribution in [2.45, 2.75) is 31.3 Å². The third kappa shape index (κ3) is 2.82. The van der Waals surface area contributed by atoms with Crippen LogP contribution in [-0.2, 0) is 14.6 Å². The smallest absolute Gasteiger partial charge is 0.237 e. The fourth-order valence-corrected chi connectivity index (χ4v) is 3.26. The molecular formula is C10H16N2O3S. The molecule has 0 aromatic rings. The summed E-state index contributed by atoms with van der Waals surface area (Å²) in [6, 6.07) is -0.522. The van der Waals surface area contributed by atoms with Gasteiger partial charge in [0.05, 0.1) is 17.8 Å². The number of nitrogens with one attached hydrogen (secondary N) is 2. The first-order valence-corrected chi connectivity index (χ1v) is 7.23. The molecule has 0 aromatic heterocycles. The number of carbonyl (C=O) groups is 1. The average molecular weight is 244 g/mol. The molecular weight excluding hydrogens is 228 g/mol. The van der Waals surface area contributed by atoms with Crippen LogP contribution in [0.25, 0.3) is 0 Å². The van der Waals surface area contributed by atoms with Crippen molar-refractivity contribution in [2.75, 3.05) is 12.3 Å². The van der Waals surface area contributed by atoms with Crippen LogP contribution in [0.15, 0.2) is 11.5 Å². The summed E-state index contributed by atoms with van der Waals surface area (Å²) in [5, 5.41) is 7.04. The quantitative estimate of drug-likeness (QED) is 0.690. The van der Waals surface area contributed by atoms with Crippen molar-refractivity contribution in [1.82, 2.24) is 10.6 Å². The fraction of sp³-hybridized carbons (Fsp3) is 0.700. The zero-order valence-corrected chi connectivity index (χ0v) is 9.79. The molecule has 5 nitrogen and oxygen atoms in total. The van der Waals surface area contributed by atoms with Crippen LogP contribution >= 0.6 is 0 Å². The van der Waals surface area contributed by atoms with Crippen LogP contribution in [0.3, 0.4) is 0 Å². The summed E-state index contributed by atoms with van der Waals surface area (Å²) in [6.45, 7) is 0.858. The summed E-state index contributed by atoms with van der Waals surface area (Å²) in [4.78, 5) is 11.8. The molecule has 90 valence electrons. The van der Waals surface area contributed by atoms with E-state index < -0.39 is 9.84 Å². The summed E-state index contributed by atoms with van der Waals surface area (Å²) < 4.78 is 22.3. The SMILES string of the molecule is O=C(NC1C=CS(=O)(=O)C1)[C@H]1CCCCN1. The summed E-state index contributed by atoms with van der Waals surface area (Å²) in [7, 11) is -3.09. The van der Waals surface area contributed by atoms with Crippen LogP contribution in [-0.4, -0.2) is 38.7 Å². The summed E-state index contributed by atoms with van der Waals surface area (Å²) >= 11 is 0. The van der Waals surface area contributed by atoms with Crippen LogP contribution in [0.5, 0.6) is 0 Å². The summed E-state index contributed by atoms with van der Waals surface area (Å²) in [5.74, 6) is -0.0997. The lowest BCUT2D eigenvalue weighted by Gasteiger charge is -2.23. The van der Waals surface area contributed by atoms with Crippen molar-refractivity contribution in [3.8, 4) is 0 Å². The Bertz CT molecular complexity index is 396. The minimum Gasteiger partial charge on any atom is -0.347 e. The second-order valence-electron chi connectivity index (χ2n) is 4.28. The van der Waals surface area contributed by atoms with Crippen molar-refractivity contribution in [2.24, 2.45) is 0 Å². The highest BCUT2D eigenvalue weighted by Crippen LogP contribution is 2.10. The highest BCUT2D eigenvalue weighted by molar-refractivity contribution is 7.94. The van der Waals surface area contributed by atoms with Gasteiger partial charge in [-0.1, -0.05) is 6.42 Å². The van der Waals surface area contributed by atoms with E-state index >= 15 is 0 Å². The van der Waals surface area contributed by atoms with Gasteiger partial charge in [0.25, 0.3) is 0 Å². The predicted octanol–water partition coefficient (Wildman–Crippen LogP) is -0.445. The van der Waals surface area contributed by atoms with Crippen LogP contribution < -0.4 is 10.6 Å². The average Bonchev–Trinajstić information content (AvgIpc) is 2.59. The molecule has 2 atom stereocenters. The molecule has 1 saturated heterocycles. The van der Waals surface area contributed by atoms with E-state index in [0.717, 1.165) is 25.8 Å². The molecule has 0 spiro atoms. The number of piperidine rings is 1. The third-order valence-electron chi connectivity index (χ3n) is 2.88. The second-order valence-corrected chi connectivity index (χ2v) is 6.21. The Morgan fingerprint density at radius 1 is 1.38 bits per heavy atom. The molecule has 1 amide bonds. The summed E-state index contributed by atoms with van der Waals surface area (Å²) in [5.41, 5.74) is 0. The summed E-state index contributed by atoms with van der Waals surface area (Å²) in [6.07, 6.45) is 4.51. The predicted molar refractivity (Wildman–Crippen MR) is 60.5 cm³/mol. The maximum Gasteiger partial charge on any atom is 0.237 e. The zero-order valence-electron chi connectivity index (χ0n) is 8.98. The van der Waals surface area contributed by atoms with Gasteiger partial charge in [0, 0.05) is 5.41 Å². The van der Waals surface area contributed by atoms with Gasteiger partial charge in [0.1, 0.15) is 0 Å². The largest absolute Gasteiger partial charge is 0.347 e. The van der Waals surface area contributed by atoms with Gasteiger partial charge in [0.2, 0.25) is 5.91 Å². The molecule has 0 radical (unpaired) electrons. The van der Waals surface area contributed by atoms with E-state index in [1.807, 2.05) is 0 Å². The maximum absolute atomic E-state index is 11.8. The Labute approximate surface area is 95.2 Å². The lowest BCUT2D eigenvalue weighted by molar-refractivity contribution is -0.123. The van der Waals surface area contributed by atoms with Crippen LogP contribution in [0.4, 0.5) is 0 Å². The molecule has 2 aliphatic rings. The van der Waals surface area contributed by atoms with E-state index in [4.69, 9.17) is 0 Å². The molecule has 0 bridgehead atoms. The molecule has 1 fully saturated rings. The molecule has 0 aromatic carbocycles. The van der Waals surface area contributed by atoms with Gasteiger partial charge in [-0.3, -0.25) is 4.79 Å². The molecule has 1 unspecified atom stereocenters. The Morgan fingerprint density at radius 2 is 2.19 bits per heavy atom. The van der Waals surface area contributed by atoms with Crippen LogP contribution in [0.2, 0.25) is 0 Å². The molecule has 0 saturated carbocycles. The number of hydrogen-bond acceptors (Lipinski definition) is 4. The van der Waals surface area contributed by atoms with E-state index in [9.17, 15) is 13.2 Å². The third-order valence-corrected chi connectivity index (χ3v) is 4.28. The van der Waals surface area contributed by atoms with E-state index in [1.54, 1.807) is 0 Å². The van der Waals surface area contributed by atoms with Crippen LogP contribution in [0.1, 0.15) is 19.3 Å². The lowest BCUT2D eigenvalue weighted by atomic mass is 10.0. The van der Waals surface area contributed by atoms with Crippen molar-refractivity contribution in [3.63, 3.8) is 0 Å². The molecule has 2 heterocycles. The normalized spacial score (nSPS) is 32.5. The fourth-order valence-electron chi connectivity index (χ4n) is 2.02. The lowest BCUT2D eigenvalue weighted by Crippen LogP contribution is -2.49. The zero-order chi connectivity index (χ0) is 11.6. The highest BCUT2D eigenvalue weighted by Gasteiger charge is 2.26. The van der Waals surface area contributed by atoms with Gasteiger partial charge in [-0.05, 0) is 25.5 Å². The maximum atomic E-state index is 11.8. The van der Waals surface area contributed by atoms with Gasteiger partial charge in [-0.2, -0.15) is 0 Å².